The number of anilines is 1. The van der Waals surface area contributed by atoms with Gasteiger partial charge in [-0.2, -0.15) is 0 Å². The Bertz CT molecular complexity index is 1300. The summed E-state index contributed by atoms with van der Waals surface area (Å²) in [7, 11) is 2.09. The number of carbonyl (C=O) groups excluding carboxylic acids is 1. The zero-order valence-corrected chi connectivity index (χ0v) is 19.1. The molecule has 1 aliphatic heterocycles. The Hall–Kier alpha value is -2.53. The molecule has 158 valence electrons. The van der Waals surface area contributed by atoms with Crippen LogP contribution in [0.4, 0.5) is 5.13 Å². The minimum Gasteiger partial charge on any atom is -0.301 e. The lowest BCUT2D eigenvalue weighted by Crippen LogP contribution is -2.27. The maximum absolute atomic E-state index is 13.7. The zero-order chi connectivity index (χ0) is 21.4. The number of thioether (sulfide) groups is 1. The van der Waals surface area contributed by atoms with Crippen molar-refractivity contribution < 1.29 is 4.79 Å². The molecule has 1 N–H and O–H groups in total. The lowest BCUT2D eigenvalue weighted by atomic mass is 10.1. The molecule has 1 aromatic carbocycles. The lowest BCUT2D eigenvalue weighted by Gasteiger charge is -2.21. The quantitative estimate of drug-likeness (QED) is 0.355. The fourth-order valence-electron chi connectivity index (χ4n) is 3.62. The molecule has 0 saturated carbocycles. The van der Waals surface area contributed by atoms with Gasteiger partial charge in [0.25, 0.3) is 5.56 Å². The first-order valence-corrected chi connectivity index (χ1v) is 12.4. The van der Waals surface area contributed by atoms with Crippen LogP contribution in [0.5, 0.6) is 0 Å². The van der Waals surface area contributed by atoms with Crippen molar-refractivity contribution in [1.29, 1.82) is 0 Å². The molecule has 0 bridgehead atoms. The Kier molecular flexibility index (Phi) is 5.61. The van der Waals surface area contributed by atoms with Crippen molar-refractivity contribution >= 4 is 55.7 Å². The minimum atomic E-state index is -0.180. The molecule has 0 unspecified atom stereocenters. The van der Waals surface area contributed by atoms with Crippen molar-refractivity contribution in [2.24, 2.45) is 0 Å². The van der Waals surface area contributed by atoms with Gasteiger partial charge in [0.2, 0.25) is 5.91 Å². The highest BCUT2D eigenvalue weighted by Crippen LogP contribution is 2.34. The van der Waals surface area contributed by atoms with Gasteiger partial charge in [-0.3, -0.25) is 14.2 Å². The maximum atomic E-state index is 13.7. The SMILES string of the molecule is CN1CCc2c(sc3nc(SCC(=O)Nc4nccs4)n(-c4ccccc4)c(=O)c23)C1. The van der Waals surface area contributed by atoms with Crippen molar-refractivity contribution in [3.05, 3.63) is 62.7 Å². The number of para-hydroxylation sites is 1. The van der Waals surface area contributed by atoms with Gasteiger partial charge in [-0.1, -0.05) is 30.0 Å². The normalized spacial score (nSPS) is 14.0. The summed E-state index contributed by atoms with van der Waals surface area (Å²) in [4.78, 5) is 39.2. The molecular formula is C21H19N5O2S3. The van der Waals surface area contributed by atoms with Gasteiger partial charge >= 0.3 is 0 Å². The number of benzene rings is 1. The Morgan fingerprint density at radius 3 is 2.90 bits per heavy atom. The van der Waals surface area contributed by atoms with Gasteiger partial charge < -0.3 is 10.2 Å². The van der Waals surface area contributed by atoms with Crippen LogP contribution in [-0.2, 0) is 17.8 Å². The third-order valence-corrected chi connectivity index (χ3v) is 7.80. The first-order chi connectivity index (χ1) is 15.1. The lowest BCUT2D eigenvalue weighted by molar-refractivity contribution is -0.113. The summed E-state index contributed by atoms with van der Waals surface area (Å²) < 4.78 is 1.63. The van der Waals surface area contributed by atoms with Crippen molar-refractivity contribution in [2.75, 3.05) is 24.7 Å². The van der Waals surface area contributed by atoms with Crippen LogP contribution in [0.15, 0.2) is 51.9 Å². The average molecular weight is 470 g/mol. The van der Waals surface area contributed by atoms with Crippen molar-refractivity contribution in [1.82, 2.24) is 19.4 Å². The van der Waals surface area contributed by atoms with Crippen LogP contribution in [0.2, 0.25) is 0 Å². The minimum absolute atomic E-state index is 0.0684. The molecule has 5 rings (SSSR count). The molecule has 0 radical (unpaired) electrons. The van der Waals surface area contributed by atoms with E-state index in [-0.39, 0.29) is 17.2 Å². The molecule has 0 aliphatic carbocycles. The van der Waals surface area contributed by atoms with E-state index in [1.165, 1.54) is 28.0 Å². The van der Waals surface area contributed by atoms with E-state index in [0.717, 1.165) is 35.6 Å². The number of likely N-dealkylation sites (N-methyl/N-ethyl adjacent to an activating group) is 1. The fourth-order valence-corrected chi connectivity index (χ4v) is 6.32. The average Bonchev–Trinajstić information content (AvgIpc) is 3.39. The van der Waals surface area contributed by atoms with Gasteiger partial charge in [-0.05, 0) is 31.2 Å². The van der Waals surface area contributed by atoms with Gasteiger partial charge in [0, 0.05) is 29.5 Å². The van der Waals surface area contributed by atoms with Crippen LogP contribution in [0.25, 0.3) is 15.9 Å². The summed E-state index contributed by atoms with van der Waals surface area (Å²) in [5.74, 6) is -0.0425. The fraction of sp³-hybridized carbons (Fsp3) is 0.238. The second-order valence-corrected chi connectivity index (χ2v) is 10.1. The number of thiazole rings is 1. The summed E-state index contributed by atoms with van der Waals surface area (Å²) in [6.45, 7) is 1.76. The van der Waals surface area contributed by atoms with Crippen LogP contribution in [0.1, 0.15) is 10.4 Å². The van der Waals surface area contributed by atoms with Crippen molar-refractivity contribution in [3.8, 4) is 5.69 Å². The third kappa shape index (κ3) is 4.03. The molecule has 3 aromatic heterocycles. The standard InChI is InChI=1S/C21H19N5O2S3/c1-25-9-7-14-15(11-25)31-18-17(14)19(28)26(13-5-3-2-4-6-13)21(24-18)30-12-16(27)23-20-22-8-10-29-20/h2-6,8,10H,7,9,11-12H2,1H3,(H,22,23,27). The summed E-state index contributed by atoms with van der Waals surface area (Å²) >= 11 is 4.21. The van der Waals surface area contributed by atoms with E-state index in [0.29, 0.717) is 15.7 Å². The highest BCUT2D eigenvalue weighted by molar-refractivity contribution is 7.99. The largest absolute Gasteiger partial charge is 0.301 e. The second-order valence-electron chi connectivity index (χ2n) is 7.22. The number of fused-ring (bicyclic) bond motifs is 3. The molecule has 0 atom stereocenters. The van der Waals surface area contributed by atoms with Gasteiger partial charge in [0.05, 0.1) is 16.8 Å². The number of amides is 1. The van der Waals surface area contributed by atoms with Gasteiger partial charge in [0.1, 0.15) is 4.83 Å². The Balaban J connectivity index is 1.56. The van der Waals surface area contributed by atoms with Crippen molar-refractivity contribution in [3.63, 3.8) is 0 Å². The number of hydrogen-bond acceptors (Lipinski definition) is 8. The molecule has 7 nitrogen and oxygen atoms in total. The molecule has 4 heterocycles. The van der Waals surface area contributed by atoms with Crippen LogP contribution < -0.4 is 10.9 Å². The molecule has 31 heavy (non-hydrogen) atoms. The molecule has 0 fully saturated rings. The van der Waals surface area contributed by atoms with E-state index in [2.05, 4.69) is 22.2 Å². The molecule has 1 aliphatic rings. The first-order valence-electron chi connectivity index (χ1n) is 9.73. The van der Waals surface area contributed by atoms with Crippen LogP contribution in [-0.4, -0.2) is 44.7 Å². The Morgan fingerprint density at radius 2 is 2.13 bits per heavy atom. The highest BCUT2D eigenvalue weighted by Gasteiger charge is 2.24. The number of carbonyl (C=O) groups is 1. The predicted octanol–water partition coefficient (Wildman–Crippen LogP) is 3.62. The van der Waals surface area contributed by atoms with E-state index >= 15 is 0 Å². The molecule has 1 amide bonds. The van der Waals surface area contributed by atoms with E-state index in [4.69, 9.17) is 4.98 Å². The number of nitrogens with zero attached hydrogens (tertiary/aromatic N) is 4. The van der Waals surface area contributed by atoms with Gasteiger partial charge in [-0.25, -0.2) is 9.97 Å². The van der Waals surface area contributed by atoms with Crippen LogP contribution >= 0.6 is 34.4 Å². The number of rotatable bonds is 5. The second kappa shape index (κ2) is 8.54. The zero-order valence-electron chi connectivity index (χ0n) is 16.7. The molecule has 0 spiro atoms. The maximum Gasteiger partial charge on any atom is 0.267 e. The monoisotopic (exact) mass is 469 g/mol. The predicted molar refractivity (Wildman–Crippen MR) is 127 cm³/mol. The van der Waals surface area contributed by atoms with Crippen molar-refractivity contribution in [2.45, 2.75) is 18.1 Å². The molecule has 10 heteroatoms. The topological polar surface area (TPSA) is 80.1 Å². The summed E-state index contributed by atoms with van der Waals surface area (Å²) in [5.41, 5.74) is 1.80. The molecule has 4 aromatic rings. The number of thiophene rings is 1. The summed E-state index contributed by atoms with van der Waals surface area (Å²) in [6.07, 6.45) is 2.49. The molecular weight excluding hydrogens is 450 g/mol. The Labute approximate surface area is 190 Å². The Morgan fingerprint density at radius 1 is 1.29 bits per heavy atom. The molecule has 0 saturated heterocycles. The number of aromatic nitrogens is 3. The summed E-state index contributed by atoms with van der Waals surface area (Å²) in [6, 6.07) is 9.49. The van der Waals surface area contributed by atoms with E-state index in [1.54, 1.807) is 27.5 Å². The number of nitrogens with one attached hydrogen (secondary N) is 1. The van der Waals surface area contributed by atoms with E-state index < -0.39 is 0 Å². The van der Waals surface area contributed by atoms with Crippen LogP contribution in [0.3, 0.4) is 0 Å². The van der Waals surface area contributed by atoms with Crippen LogP contribution in [0, 0.1) is 0 Å². The van der Waals surface area contributed by atoms with Gasteiger partial charge in [0.15, 0.2) is 10.3 Å². The summed E-state index contributed by atoms with van der Waals surface area (Å²) in [5, 5.41) is 6.38. The van der Waals surface area contributed by atoms with Gasteiger partial charge in [-0.15, -0.1) is 22.7 Å². The highest BCUT2D eigenvalue weighted by atomic mass is 32.2. The smallest absolute Gasteiger partial charge is 0.267 e. The first kappa shape index (κ1) is 20.4. The van der Waals surface area contributed by atoms with E-state index in [1.807, 2.05) is 30.3 Å². The number of hydrogen-bond donors (Lipinski definition) is 1. The van der Waals surface area contributed by atoms with E-state index in [9.17, 15) is 9.59 Å². The third-order valence-electron chi connectivity index (χ3n) is 5.06.